The lowest BCUT2D eigenvalue weighted by molar-refractivity contribution is -0.149. The molecule has 6 atom stereocenters. The van der Waals surface area contributed by atoms with E-state index in [1.807, 2.05) is 4.98 Å². The number of rotatable bonds is 10. The van der Waals surface area contributed by atoms with Gasteiger partial charge < -0.3 is 19.1 Å². The second-order valence-electron chi connectivity index (χ2n) is 8.47. The molecule has 1 aromatic heterocycles. The number of hydrogen-bond acceptors (Lipinski definition) is 9. The van der Waals surface area contributed by atoms with E-state index in [1.54, 1.807) is 19.9 Å². The Morgan fingerprint density at radius 1 is 1.33 bits per heavy atom. The number of carbonyl (C=O) groups excluding carboxylic acids is 1. The summed E-state index contributed by atoms with van der Waals surface area (Å²) in [5.74, 6) is -0.864. The van der Waals surface area contributed by atoms with Gasteiger partial charge in [-0.25, -0.2) is 13.8 Å². The zero-order valence-electron chi connectivity index (χ0n) is 21.9. The summed E-state index contributed by atoms with van der Waals surface area (Å²) in [6.07, 6.45) is -5.87. The molecule has 0 aliphatic carbocycles. The number of halogens is 1. The van der Waals surface area contributed by atoms with Gasteiger partial charge in [0.1, 0.15) is 24.0 Å². The highest BCUT2D eigenvalue weighted by Gasteiger charge is 2.55. The van der Waals surface area contributed by atoms with E-state index in [0.717, 1.165) is 19.2 Å². The molecule has 2 heterocycles. The number of aromatic nitrogens is 2. The maximum atomic E-state index is 15.6. The number of aromatic amines is 1. The molecule has 1 fully saturated rings. The SMILES string of the molecule is [2H]C([2H])(O[P@@](=O)(N[C@@H](C)C(=O)OC(C)C)Oc1ccccc1)[C@H]1O[C@@H](n2ccc(=O)[nH]c2=O)[C@](C)(F)[C@@H]1O. The van der Waals surface area contributed by atoms with Crippen LogP contribution in [0.1, 0.15) is 36.7 Å². The third-order valence-corrected chi connectivity index (χ3v) is 6.54. The van der Waals surface area contributed by atoms with Gasteiger partial charge in [0.05, 0.1) is 15.4 Å². The van der Waals surface area contributed by atoms with E-state index in [4.69, 9.17) is 21.3 Å². The molecule has 2 aromatic rings. The first-order valence-electron chi connectivity index (χ1n) is 11.9. The Hall–Kier alpha value is -2.83. The minimum absolute atomic E-state index is 0.0237. The molecule has 0 saturated carbocycles. The molecule has 0 spiro atoms. The van der Waals surface area contributed by atoms with Gasteiger partial charge >= 0.3 is 19.4 Å². The minimum Gasteiger partial charge on any atom is -0.462 e. The van der Waals surface area contributed by atoms with Crippen LogP contribution in [-0.2, 0) is 23.4 Å². The number of aliphatic hydroxyl groups is 1. The summed E-state index contributed by atoms with van der Waals surface area (Å²) in [7, 11) is -4.80. The van der Waals surface area contributed by atoms with E-state index in [0.29, 0.717) is 4.57 Å². The Kier molecular flexibility index (Phi) is 7.63. The van der Waals surface area contributed by atoms with Gasteiger partial charge in [-0.1, -0.05) is 18.2 Å². The molecule has 0 radical (unpaired) electrons. The summed E-state index contributed by atoms with van der Waals surface area (Å²) in [6, 6.07) is 7.10. The second kappa shape index (κ2) is 11.1. The van der Waals surface area contributed by atoms with Gasteiger partial charge in [0, 0.05) is 12.3 Å². The maximum Gasteiger partial charge on any atom is 0.459 e. The fraction of sp³-hybridized carbons (Fsp3) is 0.500. The molecule has 198 valence electrons. The number of ether oxygens (including phenoxy) is 2. The highest BCUT2D eigenvalue weighted by Crippen LogP contribution is 2.47. The lowest BCUT2D eigenvalue weighted by Crippen LogP contribution is -2.43. The van der Waals surface area contributed by atoms with Crippen molar-refractivity contribution in [2.24, 2.45) is 0 Å². The van der Waals surface area contributed by atoms with Crippen LogP contribution in [-0.4, -0.2) is 57.2 Å². The average molecular weight is 531 g/mol. The van der Waals surface area contributed by atoms with E-state index >= 15 is 4.39 Å². The van der Waals surface area contributed by atoms with E-state index < -0.39 is 67.8 Å². The van der Waals surface area contributed by atoms with Crippen LogP contribution in [0.3, 0.4) is 0 Å². The fourth-order valence-electron chi connectivity index (χ4n) is 3.27. The van der Waals surface area contributed by atoms with Crippen molar-refractivity contribution in [3.05, 3.63) is 63.4 Å². The average Bonchev–Trinajstić information content (AvgIpc) is 3.03. The summed E-state index contributed by atoms with van der Waals surface area (Å²) in [6.45, 7) is 2.11. The Morgan fingerprint density at radius 2 is 2.00 bits per heavy atom. The molecule has 12 nitrogen and oxygen atoms in total. The standard InChI is InChI=1S/C22H29FN3O9P/c1-13(2)33-19(29)14(3)25-36(31,35-15-8-6-5-7-9-15)32-12-16-18(28)22(4,23)20(34-16)26-11-10-17(27)24-21(26)30/h5-11,13-14,16,18,20,28H,12H2,1-4H3,(H,25,31)(H,24,27,30)/t14-,16+,18+,20+,22+,36-/m0/s1/i12D2. The third kappa shape index (κ3) is 6.48. The summed E-state index contributed by atoms with van der Waals surface area (Å²) in [5.41, 5.74) is -4.61. The highest BCUT2D eigenvalue weighted by molar-refractivity contribution is 7.52. The van der Waals surface area contributed by atoms with Gasteiger partial charge in [-0.15, -0.1) is 0 Å². The van der Waals surface area contributed by atoms with Gasteiger partial charge in [0.15, 0.2) is 11.9 Å². The number of alkyl halides is 1. The predicted molar refractivity (Wildman–Crippen MR) is 125 cm³/mol. The number of carbonyl (C=O) groups is 1. The van der Waals surface area contributed by atoms with Crippen LogP contribution in [0.5, 0.6) is 5.75 Å². The van der Waals surface area contributed by atoms with Crippen LogP contribution in [0.25, 0.3) is 0 Å². The number of nitrogens with zero attached hydrogens (tertiary/aromatic N) is 1. The second-order valence-corrected chi connectivity index (χ2v) is 10.1. The van der Waals surface area contributed by atoms with Crippen molar-refractivity contribution in [1.29, 1.82) is 0 Å². The van der Waals surface area contributed by atoms with Crippen LogP contribution in [0.2, 0.25) is 0 Å². The molecule has 1 aromatic carbocycles. The smallest absolute Gasteiger partial charge is 0.459 e. The topological polar surface area (TPSA) is 158 Å². The van der Waals surface area contributed by atoms with Crippen molar-refractivity contribution in [3.63, 3.8) is 0 Å². The van der Waals surface area contributed by atoms with Crippen molar-refractivity contribution in [2.45, 2.75) is 63.9 Å². The van der Waals surface area contributed by atoms with Gasteiger partial charge in [0.2, 0.25) is 0 Å². The fourth-order valence-corrected chi connectivity index (χ4v) is 4.63. The molecule has 36 heavy (non-hydrogen) atoms. The summed E-state index contributed by atoms with van der Waals surface area (Å²) >= 11 is 0. The first-order valence-corrected chi connectivity index (χ1v) is 12.5. The molecule has 14 heteroatoms. The molecule has 3 N–H and O–H groups in total. The molecular formula is C22H29FN3O9P. The summed E-state index contributed by atoms with van der Waals surface area (Å²) < 4.78 is 67.8. The van der Waals surface area contributed by atoms with Crippen LogP contribution in [0, 0.1) is 0 Å². The molecule has 1 aliphatic heterocycles. The number of nitrogens with one attached hydrogen (secondary N) is 2. The number of benzene rings is 1. The zero-order valence-corrected chi connectivity index (χ0v) is 20.8. The van der Waals surface area contributed by atoms with Gasteiger partial charge in [-0.05, 0) is 39.8 Å². The largest absolute Gasteiger partial charge is 0.462 e. The number of para-hydroxylation sites is 1. The van der Waals surface area contributed by atoms with Crippen molar-refractivity contribution in [2.75, 3.05) is 6.56 Å². The van der Waals surface area contributed by atoms with E-state index in [9.17, 15) is 24.1 Å². The highest BCUT2D eigenvalue weighted by atomic mass is 31.2. The summed E-state index contributed by atoms with van der Waals surface area (Å²) in [4.78, 5) is 37.8. The quantitative estimate of drug-likeness (QED) is 0.304. The number of hydrogen-bond donors (Lipinski definition) is 3. The molecule has 3 rings (SSSR count). The van der Waals surface area contributed by atoms with Crippen molar-refractivity contribution in [3.8, 4) is 5.75 Å². The van der Waals surface area contributed by atoms with Crippen LogP contribution in [0.15, 0.2) is 52.2 Å². The van der Waals surface area contributed by atoms with Crippen molar-refractivity contribution >= 4 is 13.7 Å². The Bertz CT molecular complexity index is 1300. The van der Waals surface area contributed by atoms with Gasteiger partial charge in [0.25, 0.3) is 5.56 Å². The number of aliphatic hydroxyl groups excluding tert-OH is 1. The van der Waals surface area contributed by atoms with Crippen molar-refractivity contribution in [1.82, 2.24) is 14.6 Å². The van der Waals surface area contributed by atoms with Crippen LogP contribution in [0.4, 0.5) is 4.39 Å². The van der Waals surface area contributed by atoms with E-state index in [-0.39, 0.29) is 5.75 Å². The first kappa shape index (κ1) is 24.8. The Morgan fingerprint density at radius 3 is 2.61 bits per heavy atom. The molecule has 1 saturated heterocycles. The molecule has 1 aliphatic rings. The first-order chi connectivity index (χ1) is 17.6. The van der Waals surface area contributed by atoms with Gasteiger partial charge in [-0.3, -0.25) is 23.7 Å². The van der Waals surface area contributed by atoms with Crippen molar-refractivity contribution < 1.29 is 40.1 Å². The monoisotopic (exact) mass is 531 g/mol. The Labute approximate surface area is 208 Å². The zero-order chi connectivity index (χ0) is 28.5. The minimum atomic E-state index is -4.80. The third-order valence-electron chi connectivity index (χ3n) is 5.04. The van der Waals surface area contributed by atoms with E-state index in [2.05, 4.69) is 5.09 Å². The predicted octanol–water partition coefficient (Wildman–Crippen LogP) is 1.66. The van der Waals surface area contributed by atoms with Gasteiger partial charge in [-0.2, -0.15) is 5.09 Å². The number of esters is 1. The van der Waals surface area contributed by atoms with Crippen LogP contribution < -0.4 is 20.9 Å². The number of H-pyrrole nitrogens is 1. The van der Waals surface area contributed by atoms with E-state index in [1.165, 1.54) is 31.2 Å². The summed E-state index contributed by atoms with van der Waals surface area (Å²) in [5, 5.41) is 12.9. The van der Waals surface area contributed by atoms with Crippen LogP contribution >= 0.6 is 7.75 Å². The normalized spacial score (nSPS) is 27.6. The molecule has 0 amide bonds. The molecule has 0 unspecified atom stereocenters. The maximum absolute atomic E-state index is 15.6. The lowest BCUT2D eigenvalue weighted by Gasteiger charge is -2.25. The Balaban J connectivity index is 1.93. The molecular weight excluding hydrogens is 500 g/mol. The molecule has 0 bridgehead atoms. The lowest BCUT2D eigenvalue weighted by atomic mass is 9.98.